The van der Waals surface area contributed by atoms with Crippen LogP contribution >= 0.6 is 55.1 Å². The number of carbonyl (C=O) groups is 1. The Balaban J connectivity index is 1.85. The van der Waals surface area contributed by atoms with E-state index in [1.807, 2.05) is 13.0 Å². The van der Waals surface area contributed by atoms with E-state index in [0.717, 1.165) is 10.0 Å². The molecule has 0 bridgehead atoms. The third kappa shape index (κ3) is 7.00. The third-order valence-electron chi connectivity index (χ3n) is 4.50. The summed E-state index contributed by atoms with van der Waals surface area (Å²) in [7, 11) is 0. The van der Waals surface area contributed by atoms with Gasteiger partial charge in [0.25, 0.3) is 5.91 Å². The van der Waals surface area contributed by atoms with Crippen LogP contribution in [-0.4, -0.2) is 12.5 Å². The van der Waals surface area contributed by atoms with Crippen LogP contribution in [0.25, 0.3) is 6.08 Å². The molecule has 0 aliphatic carbocycles. The van der Waals surface area contributed by atoms with Gasteiger partial charge in [-0.05, 0) is 83.0 Å². The summed E-state index contributed by atoms with van der Waals surface area (Å²) in [6.45, 7) is 2.44. The van der Waals surface area contributed by atoms with Crippen LogP contribution in [0.15, 0.2) is 69.1 Å². The first-order chi connectivity index (χ1) is 16.3. The molecule has 0 atom stereocenters. The molecule has 0 saturated carbocycles. The van der Waals surface area contributed by atoms with Crippen molar-refractivity contribution in [1.29, 1.82) is 5.26 Å². The minimum Gasteiger partial charge on any atom is -0.490 e. The van der Waals surface area contributed by atoms with E-state index < -0.39 is 5.91 Å². The summed E-state index contributed by atoms with van der Waals surface area (Å²) >= 11 is 19.1. The number of hydrogen-bond acceptors (Lipinski definition) is 4. The van der Waals surface area contributed by atoms with Crippen LogP contribution in [0.2, 0.25) is 10.0 Å². The summed E-state index contributed by atoms with van der Waals surface area (Å²) in [5.74, 6) is 0.415. The van der Waals surface area contributed by atoms with Crippen molar-refractivity contribution in [1.82, 2.24) is 0 Å². The van der Waals surface area contributed by atoms with Gasteiger partial charge in [0.15, 0.2) is 11.5 Å². The number of amides is 1. The number of rotatable bonds is 8. The van der Waals surface area contributed by atoms with Gasteiger partial charge >= 0.3 is 0 Å². The Bertz CT molecular complexity index is 1270. The zero-order chi connectivity index (χ0) is 24.7. The van der Waals surface area contributed by atoms with Crippen molar-refractivity contribution in [3.63, 3.8) is 0 Å². The Kier molecular flexibility index (Phi) is 9.43. The van der Waals surface area contributed by atoms with Gasteiger partial charge < -0.3 is 14.8 Å². The van der Waals surface area contributed by atoms with Gasteiger partial charge in [-0.25, -0.2) is 0 Å². The summed E-state index contributed by atoms with van der Waals surface area (Å²) in [5.41, 5.74) is 1.88. The molecule has 0 radical (unpaired) electrons. The second-order valence-electron chi connectivity index (χ2n) is 6.92. The monoisotopic (exact) mass is 622 g/mol. The summed E-state index contributed by atoms with van der Waals surface area (Å²) < 4.78 is 13.2. The van der Waals surface area contributed by atoms with Gasteiger partial charge in [0, 0.05) is 25.8 Å². The van der Waals surface area contributed by atoms with Gasteiger partial charge in [0.1, 0.15) is 18.2 Å². The molecule has 1 amide bonds. The summed E-state index contributed by atoms with van der Waals surface area (Å²) in [5, 5.41) is 13.3. The number of anilines is 1. The van der Waals surface area contributed by atoms with Gasteiger partial charge in [-0.1, -0.05) is 45.2 Å². The van der Waals surface area contributed by atoms with E-state index in [-0.39, 0.29) is 12.2 Å². The van der Waals surface area contributed by atoms with Crippen molar-refractivity contribution >= 4 is 72.7 Å². The van der Waals surface area contributed by atoms with Crippen molar-refractivity contribution in [2.24, 2.45) is 0 Å². The number of benzene rings is 3. The molecule has 0 heterocycles. The SMILES string of the molecule is CCOc1cc(/C=C(/C#N)C(=O)Nc2ccc(Br)cc2)cc(Br)c1OCc1ccc(Cl)cc1Cl. The molecule has 0 aromatic heterocycles. The van der Waals surface area contributed by atoms with Crippen LogP contribution in [0, 0.1) is 11.3 Å². The van der Waals surface area contributed by atoms with Crippen molar-refractivity contribution < 1.29 is 14.3 Å². The number of hydrogen-bond donors (Lipinski definition) is 1. The average molecular weight is 625 g/mol. The topological polar surface area (TPSA) is 71.3 Å². The van der Waals surface area contributed by atoms with Crippen LogP contribution in [0.5, 0.6) is 11.5 Å². The highest BCUT2D eigenvalue weighted by Crippen LogP contribution is 2.38. The predicted molar refractivity (Wildman–Crippen MR) is 142 cm³/mol. The van der Waals surface area contributed by atoms with E-state index in [2.05, 4.69) is 37.2 Å². The average Bonchev–Trinajstić information content (AvgIpc) is 2.79. The largest absolute Gasteiger partial charge is 0.490 e. The van der Waals surface area contributed by atoms with Crippen molar-refractivity contribution in [2.75, 3.05) is 11.9 Å². The lowest BCUT2D eigenvalue weighted by molar-refractivity contribution is -0.112. The van der Waals surface area contributed by atoms with E-state index in [1.165, 1.54) is 6.08 Å². The molecule has 3 aromatic carbocycles. The highest BCUT2D eigenvalue weighted by Gasteiger charge is 2.15. The second kappa shape index (κ2) is 12.3. The maximum atomic E-state index is 12.6. The predicted octanol–water partition coefficient (Wildman–Crippen LogP) is 8.04. The van der Waals surface area contributed by atoms with Crippen LogP contribution in [-0.2, 0) is 11.4 Å². The molecule has 0 aliphatic rings. The summed E-state index contributed by atoms with van der Waals surface area (Å²) in [6, 6.07) is 17.6. The fourth-order valence-electron chi connectivity index (χ4n) is 2.91. The van der Waals surface area contributed by atoms with E-state index in [4.69, 9.17) is 32.7 Å². The number of nitrogens with zero attached hydrogens (tertiary/aromatic N) is 1. The Labute approximate surface area is 224 Å². The van der Waals surface area contributed by atoms with E-state index in [0.29, 0.717) is 43.9 Å². The number of ether oxygens (including phenoxy) is 2. The number of carbonyl (C=O) groups excluding carboxylic acids is 1. The number of nitrogens with one attached hydrogen (secondary N) is 1. The molecule has 3 aromatic rings. The van der Waals surface area contributed by atoms with Gasteiger partial charge in [0.2, 0.25) is 0 Å². The van der Waals surface area contributed by atoms with Crippen molar-refractivity contribution in [3.8, 4) is 17.6 Å². The normalized spacial score (nSPS) is 11.0. The molecule has 174 valence electrons. The lowest BCUT2D eigenvalue weighted by Crippen LogP contribution is -2.13. The number of nitriles is 1. The lowest BCUT2D eigenvalue weighted by atomic mass is 10.1. The molecule has 0 spiro atoms. The van der Waals surface area contributed by atoms with Crippen molar-refractivity contribution in [3.05, 3.63) is 90.3 Å². The quantitative estimate of drug-likeness (QED) is 0.203. The lowest BCUT2D eigenvalue weighted by Gasteiger charge is -2.15. The fourth-order valence-corrected chi connectivity index (χ4v) is 4.21. The zero-order valence-electron chi connectivity index (χ0n) is 17.9. The molecule has 0 aliphatic heterocycles. The summed E-state index contributed by atoms with van der Waals surface area (Å²) in [6.07, 6.45) is 1.49. The first-order valence-corrected chi connectivity index (χ1v) is 12.4. The fraction of sp³-hybridized carbons (Fsp3) is 0.120. The highest BCUT2D eigenvalue weighted by molar-refractivity contribution is 9.10. The Morgan fingerprint density at radius 3 is 2.47 bits per heavy atom. The van der Waals surface area contributed by atoms with Gasteiger partial charge in [0.05, 0.1) is 11.1 Å². The Morgan fingerprint density at radius 2 is 1.82 bits per heavy atom. The molecule has 34 heavy (non-hydrogen) atoms. The van der Waals surface area contributed by atoms with Crippen LogP contribution in [0.4, 0.5) is 5.69 Å². The standard InChI is InChI=1S/C25H18Br2Cl2N2O3/c1-2-33-23-11-15(9-17(13-30)25(32)31-20-7-4-18(26)5-8-20)10-21(27)24(23)34-14-16-3-6-19(28)12-22(16)29/h3-12H,2,14H2,1H3,(H,31,32)/b17-9-. The molecule has 9 heteroatoms. The van der Waals surface area contributed by atoms with E-state index in [9.17, 15) is 10.1 Å². The van der Waals surface area contributed by atoms with Gasteiger partial charge in [-0.3, -0.25) is 4.79 Å². The molecule has 5 nitrogen and oxygen atoms in total. The molecular formula is C25H18Br2Cl2N2O3. The third-order valence-corrected chi connectivity index (χ3v) is 6.20. The maximum Gasteiger partial charge on any atom is 0.266 e. The van der Waals surface area contributed by atoms with Crippen LogP contribution in [0.3, 0.4) is 0 Å². The van der Waals surface area contributed by atoms with E-state index in [1.54, 1.807) is 54.6 Å². The van der Waals surface area contributed by atoms with E-state index >= 15 is 0 Å². The smallest absolute Gasteiger partial charge is 0.266 e. The summed E-state index contributed by atoms with van der Waals surface area (Å²) in [4.78, 5) is 12.6. The maximum absolute atomic E-state index is 12.6. The van der Waals surface area contributed by atoms with Crippen molar-refractivity contribution in [2.45, 2.75) is 13.5 Å². The number of halogens is 4. The Hall–Kier alpha value is -2.50. The minimum atomic E-state index is -0.517. The minimum absolute atomic E-state index is 0.0566. The molecule has 0 fully saturated rings. The van der Waals surface area contributed by atoms with Crippen LogP contribution in [0.1, 0.15) is 18.1 Å². The Morgan fingerprint density at radius 1 is 1.09 bits per heavy atom. The molecule has 0 unspecified atom stereocenters. The second-order valence-corrected chi connectivity index (χ2v) is 9.53. The van der Waals surface area contributed by atoms with Crippen LogP contribution < -0.4 is 14.8 Å². The first-order valence-electron chi connectivity index (χ1n) is 10.0. The van der Waals surface area contributed by atoms with Gasteiger partial charge in [-0.15, -0.1) is 0 Å². The molecule has 0 saturated heterocycles. The molecule has 1 N–H and O–H groups in total. The molecular weight excluding hydrogens is 607 g/mol. The highest BCUT2D eigenvalue weighted by atomic mass is 79.9. The first kappa shape index (κ1) is 26.1. The van der Waals surface area contributed by atoms with Gasteiger partial charge in [-0.2, -0.15) is 5.26 Å². The molecule has 3 rings (SSSR count). The zero-order valence-corrected chi connectivity index (χ0v) is 22.6.